The Labute approximate surface area is 101 Å². The van der Waals surface area contributed by atoms with Gasteiger partial charge in [0.25, 0.3) is 0 Å². The Balaban J connectivity index is 2.30. The molecule has 0 unspecified atom stereocenters. The first-order chi connectivity index (χ1) is 7.18. The van der Waals surface area contributed by atoms with Crippen molar-refractivity contribution in [3.05, 3.63) is 40.1 Å². The van der Waals surface area contributed by atoms with Gasteiger partial charge < -0.3 is 4.74 Å². The van der Waals surface area contributed by atoms with Crippen molar-refractivity contribution < 1.29 is 4.74 Å². The third-order valence-electron chi connectivity index (χ3n) is 1.93. The van der Waals surface area contributed by atoms with Crippen molar-refractivity contribution in [1.82, 2.24) is 9.55 Å². The van der Waals surface area contributed by atoms with E-state index in [1.807, 2.05) is 19.2 Å². The van der Waals surface area contributed by atoms with Gasteiger partial charge in [0.05, 0.1) is 11.2 Å². The van der Waals surface area contributed by atoms with E-state index in [1.165, 1.54) is 0 Å². The van der Waals surface area contributed by atoms with E-state index in [-0.39, 0.29) is 0 Å². The van der Waals surface area contributed by atoms with Gasteiger partial charge in [0.2, 0.25) is 0 Å². The zero-order valence-corrected chi connectivity index (χ0v) is 10.3. The van der Waals surface area contributed by atoms with Crippen LogP contribution in [0.25, 0.3) is 0 Å². The number of hydrogen-bond donors (Lipinski definition) is 0. The van der Waals surface area contributed by atoms with Crippen LogP contribution in [-0.2, 0) is 7.05 Å². The zero-order chi connectivity index (χ0) is 10.8. The van der Waals surface area contributed by atoms with Gasteiger partial charge in [0.1, 0.15) is 10.4 Å². The maximum absolute atomic E-state index is 5.96. The molecule has 0 atom stereocenters. The molecule has 2 rings (SSSR count). The van der Waals surface area contributed by atoms with E-state index in [0.29, 0.717) is 16.8 Å². The normalized spacial score (nSPS) is 10.3. The van der Waals surface area contributed by atoms with Crippen LogP contribution in [0.1, 0.15) is 0 Å². The second kappa shape index (κ2) is 4.24. The zero-order valence-electron chi connectivity index (χ0n) is 7.95. The van der Waals surface area contributed by atoms with Gasteiger partial charge in [0.15, 0.2) is 0 Å². The summed E-state index contributed by atoms with van der Waals surface area (Å²) in [5.74, 6) is 0.598. The van der Waals surface area contributed by atoms with Crippen LogP contribution in [-0.4, -0.2) is 9.55 Å². The van der Waals surface area contributed by atoms with Gasteiger partial charge >= 0.3 is 6.01 Å². The molecule has 0 aliphatic carbocycles. The third kappa shape index (κ3) is 2.16. The number of aromatic nitrogens is 2. The lowest BCUT2D eigenvalue weighted by Crippen LogP contribution is -1.94. The van der Waals surface area contributed by atoms with Gasteiger partial charge in [0, 0.05) is 7.05 Å². The number of imidazole rings is 1. The standard InChI is InChI=1S/C10H8BrClN2O/c1-14-9(11)6-13-10(14)15-8-5-3-2-4-7(8)12/h2-6H,1H3. The van der Waals surface area contributed by atoms with Gasteiger partial charge in [-0.1, -0.05) is 23.7 Å². The summed E-state index contributed by atoms with van der Waals surface area (Å²) in [6, 6.07) is 7.78. The van der Waals surface area contributed by atoms with Crippen molar-refractivity contribution in [3.8, 4) is 11.8 Å². The van der Waals surface area contributed by atoms with E-state index in [0.717, 1.165) is 4.60 Å². The largest absolute Gasteiger partial charge is 0.424 e. The van der Waals surface area contributed by atoms with E-state index in [1.54, 1.807) is 22.9 Å². The molecular weight excluding hydrogens is 279 g/mol. The minimum absolute atomic E-state index is 0.495. The summed E-state index contributed by atoms with van der Waals surface area (Å²) >= 11 is 9.29. The molecule has 1 aromatic carbocycles. The van der Waals surface area contributed by atoms with Crippen LogP contribution in [0.5, 0.6) is 11.8 Å². The molecular formula is C10H8BrClN2O. The van der Waals surface area contributed by atoms with Crippen molar-refractivity contribution in [3.63, 3.8) is 0 Å². The predicted molar refractivity (Wildman–Crippen MR) is 62.4 cm³/mol. The molecule has 5 heteroatoms. The molecule has 0 radical (unpaired) electrons. The Hall–Kier alpha value is -1.00. The first-order valence-electron chi connectivity index (χ1n) is 4.28. The maximum atomic E-state index is 5.96. The highest BCUT2D eigenvalue weighted by atomic mass is 79.9. The first kappa shape index (κ1) is 10.5. The monoisotopic (exact) mass is 286 g/mol. The average Bonchev–Trinajstić information content (AvgIpc) is 2.53. The Morgan fingerprint density at radius 3 is 2.73 bits per heavy atom. The molecule has 2 aromatic rings. The van der Waals surface area contributed by atoms with Crippen molar-refractivity contribution in [2.75, 3.05) is 0 Å². The highest BCUT2D eigenvalue weighted by Gasteiger charge is 2.08. The van der Waals surface area contributed by atoms with Gasteiger partial charge in [-0.05, 0) is 28.1 Å². The van der Waals surface area contributed by atoms with Crippen LogP contribution in [0.4, 0.5) is 0 Å². The number of nitrogens with zero attached hydrogens (tertiary/aromatic N) is 2. The molecule has 3 nitrogen and oxygen atoms in total. The van der Waals surface area contributed by atoms with E-state index in [2.05, 4.69) is 20.9 Å². The SMILES string of the molecule is Cn1c(Br)cnc1Oc1ccccc1Cl. The Morgan fingerprint density at radius 1 is 1.40 bits per heavy atom. The number of benzene rings is 1. The minimum atomic E-state index is 0.495. The molecule has 0 saturated carbocycles. The van der Waals surface area contributed by atoms with Crippen LogP contribution in [0, 0.1) is 0 Å². The van der Waals surface area contributed by atoms with Crippen LogP contribution in [0.15, 0.2) is 35.1 Å². The lowest BCUT2D eigenvalue weighted by molar-refractivity contribution is 0.423. The molecule has 0 N–H and O–H groups in total. The molecule has 1 heterocycles. The Kier molecular flexibility index (Phi) is 2.98. The van der Waals surface area contributed by atoms with Gasteiger partial charge in [-0.2, -0.15) is 0 Å². The summed E-state index contributed by atoms with van der Waals surface area (Å²) in [6.07, 6.45) is 1.67. The van der Waals surface area contributed by atoms with Gasteiger partial charge in [-0.15, -0.1) is 0 Å². The number of rotatable bonds is 2. The van der Waals surface area contributed by atoms with E-state index in [9.17, 15) is 0 Å². The fourth-order valence-electron chi connectivity index (χ4n) is 1.09. The number of halogens is 2. The van der Waals surface area contributed by atoms with Crippen LogP contribution in [0.3, 0.4) is 0 Å². The molecule has 78 valence electrons. The molecule has 0 saturated heterocycles. The number of para-hydroxylation sites is 1. The van der Waals surface area contributed by atoms with Gasteiger partial charge in [-0.3, -0.25) is 4.57 Å². The highest BCUT2D eigenvalue weighted by Crippen LogP contribution is 2.28. The summed E-state index contributed by atoms with van der Waals surface area (Å²) in [6.45, 7) is 0. The van der Waals surface area contributed by atoms with Crippen molar-refractivity contribution >= 4 is 27.5 Å². The van der Waals surface area contributed by atoms with E-state index in [4.69, 9.17) is 16.3 Å². The van der Waals surface area contributed by atoms with Gasteiger partial charge in [-0.25, -0.2) is 4.98 Å². The average molecular weight is 288 g/mol. The summed E-state index contributed by atoms with van der Waals surface area (Å²) in [4.78, 5) is 4.09. The molecule has 0 amide bonds. The topological polar surface area (TPSA) is 27.1 Å². The Bertz CT molecular complexity index is 484. The quantitative estimate of drug-likeness (QED) is 0.843. The molecule has 0 aliphatic heterocycles. The molecule has 0 fully saturated rings. The van der Waals surface area contributed by atoms with E-state index < -0.39 is 0 Å². The Morgan fingerprint density at radius 2 is 2.13 bits per heavy atom. The number of ether oxygens (including phenoxy) is 1. The second-order valence-electron chi connectivity index (χ2n) is 2.95. The summed E-state index contributed by atoms with van der Waals surface area (Å²) in [7, 11) is 1.85. The second-order valence-corrected chi connectivity index (χ2v) is 4.17. The van der Waals surface area contributed by atoms with Crippen molar-refractivity contribution in [2.45, 2.75) is 0 Å². The minimum Gasteiger partial charge on any atom is -0.424 e. The number of hydrogen-bond acceptors (Lipinski definition) is 2. The van der Waals surface area contributed by atoms with Crippen molar-refractivity contribution in [1.29, 1.82) is 0 Å². The molecule has 1 aromatic heterocycles. The third-order valence-corrected chi connectivity index (χ3v) is 2.98. The summed E-state index contributed by atoms with van der Waals surface area (Å²) in [5.41, 5.74) is 0. The smallest absolute Gasteiger partial charge is 0.302 e. The molecule has 0 aliphatic rings. The fourth-order valence-corrected chi connectivity index (χ4v) is 1.52. The van der Waals surface area contributed by atoms with Crippen LogP contribution < -0.4 is 4.74 Å². The van der Waals surface area contributed by atoms with E-state index >= 15 is 0 Å². The summed E-state index contributed by atoms with van der Waals surface area (Å²) < 4.78 is 8.18. The molecule has 0 bridgehead atoms. The lowest BCUT2D eigenvalue weighted by Gasteiger charge is -2.06. The summed E-state index contributed by atoms with van der Waals surface area (Å²) in [5, 5.41) is 0.566. The first-order valence-corrected chi connectivity index (χ1v) is 5.45. The lowest BCUT2D eigenvalue weighted by atomic mass is 10.3. The predicted octanol–water partition coefficient (Wildman–Crippen LogP) is 3.63. The molecule has 0 spiro atoms. The maximum Gasteiger partial charge on any atom is 0.302 e. The molecule has 15 heavy (non-hydrogen) atoms. The van der Waals surface area contributed by atoms with Crippen LogP contribution >= 0.6 is 27.5 Å². The van der Waals surface area contributed by atoms with Crippen molar-refractivity contribution in [2.24, 2.45) is 7.05 Å². The highest BCUT2D eigenvalue weighted by molar-refractivity contribution is 9.10. The van der Waals surface area contributed by atoms with Crippen LogP contribution in [0.2, 0.25) is 5.02 Å². The fraction of sp³-hybridized carbons (Fsp3) is 0.100.